The topological polar surface area (TPSA) is 22.0 Å². The van der Waals surface area contributed by atoms with E-state index in [4.69, 9.17) is 11.6 Å². The molecule has 2 nitrogen and oxygen atoms in total. The van der Waals surface area contributed by atoms with Gasteiger partial charge in [-0.3, -0.25) is 4.79 Å². The standard InChI is InChI=1S/C15H14ClNO/c1-10-5-6-11(9-13(10)16)17-8-7-12-14(17)3-2-4-15(12)18/h5-9H,2-4H2,1H3. The van der Waals surface area contributed by atoms with Crippen molar-refractivity contribution in [1.29, 1.82) is 0 Å². The minimum absolute atomic E-state index is 0.258. The molecule has 3 heteroatoms. The predicted molar refractivity (Wildman–Crippen MR) is 72.8 cm³/mol. The fourth-order valence-corrected chi connectivity index (χ4v) is 2.67. The van der Waals surface area contributed by atoms with Crippen LogP contribution in [0.3, 0.4) is 0 Å². The zero-order valence-electron chi connectivity index (χ0n) is 10.2. The van der Waals surface area contributed by atoms with Gasteiger partial charge >= 0.3 is 0 Å². The number of nitrogens with zero attached hydrogens (tertiary/aromatic N) is 1. The van der Waals surface area contributed by atoms with Crippen LogP contribution in [0, 0.1) is 6.92 Å². The Bertz CT molecular complexity index is 627. The van der Waals surface area contributed by atoms with Crippen molar-refractivity contribution in [3.8, 4) is 5.69 Å². The molecule has 0 unspecified atom stereocenters. The molecule has 0 N–H and O–H groups in total. The Kier molecular flexibility index (Phi) is 2.75. The molecule has 0 atom stereocenters. The summed E-state index contributed by atoms with van der Waals surface area (Å²) in [5, 5.41) is 0.761. The maximum absolute atomic E-state index is 11.8. The van der Waals surface area contributed by atoms with Crippen molar-refractivity contribution in [3.63, 3.8) is 0 Å². The molecular weight excluding hydrogens is 246 g/mol. The number of aryl methyl sites for hydroxylation is 1. The number of hydrogen-bond acceptors (Lipinski definition) is 1. The summed E-state index contributed by atoms with van der Waals surface area (Å²) < 4.78 is 2.08. The first-order chi connectivity index (χ1) is 8.66. The average molecular weight is 260 g/mol. The highest BCUT2D eigenvalue weighted by Gasteiger charge is 2.21. The van der Waals surface area contributed by atoms with Crippen LogP contribution in [-0.4, -0.2) is 10.4 Å². The van der Waals surface area contributed by atoms with Crippen molar-refractivity contribution in [2.75, 3.05) is 0 Å². The van der Waals surface area contributed by atoms with Crippen LogP contribution in [0.15, 0.2) is 30.5 Å². The smallest absolute Gasteiger partial charge is 0.164 e. The van der Waals surface area contributed by atoms with E-state index >= 15 is 0 Å². The van der Waals surface area contributed by atoms with Crippen molar-refractivity contribution >= 4 is 17.4 Å². The van der Waals surface area contributed by atoms with E-state index in [1.54, 1.807) is 0 Å². The Morgan fingerprint density at radius 1 is 1.22 bits per heavy atom. The molecule has 18 heavy (non-hydrogen) atoms. The fourth-order valence-electron chi connectivity index (χ4n) is 2.50. The van der Waals surface area contributed by atoms with E-state index in [0.717, 1.165) is 40.4 Å². The first kappa shape index (κ1) is 11.5. The fraction of sp³-hybridized carbons (Fsp3) is 0.267. The van der Waals surface area contributed by atoms with Gasteiger partial charge in [0.15, 0.2) is 5.78 Å². The van der Waals surface area contributed by atoms with Gasteiger partial charge in [-0.2, -0.15) is 0 Å². The van der Waals surface area contributed by atoms with Gasteiger partial charge in [-0.1, -0.05) is 17.7 Å². The van der Waals surface area contributed by atoms with Crippen molar-refractivity contribution < 1.29 is 4.79 Å². The third kappa shape index (κ3) is 1.77. The van der Waals surface area contributed by atoms with E-state index in [-0.39, 0.29) is 5.78 Å². The minimum Gasteiger partial charge on any atom is -0.320 e. The molecule has 1 aliphatic carbocycles. The predicted octanol–water partition coefficient (Wildman–Crippen LogP) is 3.96. The van der Waals surface area contributed by atoms with Crippen LogP contribution in [0.5, 0.6) is 0 Å². The van der Waals surface area contributed by atoms with Gasteiger partial charge in [-0.05, 0) is 43.5 Å². The molecule has 2 aromatic rings. The molecule has 0 bridgehead atoms. The van der Waals surface area contributed by atoms with E-state index < -0.39 is 0 Å². The Morgan fingerprint density at radius 3 is 2.83 bits per heavy atom. The Balaban J connectivity index is 2.12. The summed E-state index contributed by atoms with van der Waals surface area (Å²) in [5.74, 6) is 0.258. The molecule has 1 aromatic heterocycles. The molecule has 0 saturated heterocycles. The first-order valence-electron chi connectivity index (χ1n) is 6.17. The number of Topliss-reactive ketones (excluding diaryl/α,β-unsaturated/α-hetero) is 1. The number of fused-ring (bicyclic) bond motifs is 1. The van der Waals surface area contributed by atoms with Crippen molar-refractivity contribution in [2.24, 2.45) is 0 Å². The molecular formula is C15H14ClNO. The second-order valence-electron chi connectivity index (χ2n) is 4.76. The number of rotatable bonds is 1. The molecule has 1 aliphatic rings. The van der Waals surface area contributed by atoms with Crippen LogP contribution >= 0.6 is 11.6 Å². The number of carbonyl (C=O) groups excluding carboxylic acids is 1. The molecule has 0 saturated carbocycles. The van der Waals surface area contributed by atoms with Gasteiger partial charge in [-0.15, -0.1) is 0 Å². The summed E-state index contributed by atoms with van der Waals surface area (Å²) in [4.78, 5) is 11.8. The number of hydrogen-bond donors (Lipinski definition) is 0. The zero-order valence-corrected chi connectivity index (χ0v) is 11.0. The van der Waals surface area contributed by atoms with E-state index in [1.807, 2.05) is 37.4 Å². The quantitative estimate of drug-likeness (QED) is 0.760. The van der Waals surface area contributed by atoms with E-state index in [1.165, 1.54) is 0 Å². The molecule has 1 heterocycles. The van der Waals surface area contributed by atoms with Gasteiger partial charge in [0.1, 0.15) is 0 Å². The summed E-state index contributed by atoms with van der Waals surface area (Å²) >= 11 is 6.16. The molecule has 0 aliphatic heterocycles. The summed E-state index contributed by atoms with van der Waals surface area (Å²) in [7, 11) is 0. The average Bonchev–Trinajstić information content (AvgIpc) is 2.78. The summed E-state index contributed by atoms with van der Waals surface area (Å²) in [6.07, 6.45) is 4.54. The number of benzene rings is 1. The van der Waals surface area contributed by atoms with Crippen molar-refractivity contribution in [3.05, 3.63) is 52.3 Å². The number of aromatic nitrogens is 1. The molecule has 3 rings (SSSR count). The van der Waals surface area contributed by atoms with Crippen molar-refractivity contribution in [2.45, 2.75) is 26.2 Å². The second kappa shape index (κ2) is 4.29. The first-order valence-corrected chi connectivity index (χ1v) is 6.54. The minimum atomic E-state index is 0.258. The van der Waals surface area contributed by atoms with Crippen LogP contribution < -0.4 is 0 Å². The van der Waals surface area contributed by atoms with Crippen LogP contribution in [0.1, 0.15) is 34.5 Å². The highest BCUT2D eigenvalue weighted by Crippen LogP contribution is 2.27. The lowest BCUT2D eigenvalue weighted by Gasteiger charge is -2.15. The number of halogens is 1. The van der Waals surface area contributed by atoms with E-state index in [0.29, 0.717) is 6.42 Å². The lowest BCUT2D eigenvalue weighted by Crippen LogP contribution is -2.12. The van der Waals surface area contributed by atoms with Crippen LogP contribution in [0.2, 0.25) is 5.02 Å². The van der Waals surface area contributed by atoms with Gasteiger partial charge in [0.05, 0.1) is 0 Å². The zero-order chi connectivity index (χ0) is 12.7. The second-order valence-corrected chi connectivity index (χ2v) is 5.16. The summed E-state index contributed by atoms with van der Waals surface area (Å²) in [6.45, 7) is 1.99. The van der Waals surface area contributed by atoms with Gasteiger partial charge in [-0.25, -0.2) is 0 Å². The lowest BCUT2D eigenvalue weighted by atomic mass is 9.97. The summed E-state index contributed by atoms with van der Waals surface area (Å²) in [5.41, 5.74) is 4.09. The van der Waals surface area contributed by atoms with Gasteiger partial charge in [0, 0.05) is 34.6 Å². The Morgan fingerprint density at radius 2 is 2.06 bits per heavy atom. The third-order valence-electron chi connectivity index (χ3n) is 3.54. The number of ketones is 1. The molecule has 0 amide bonds. The summed E-state index contributed by atoms with van der Waals surface area (Å²) in [6, 6.07) is 7.93. The van der Waals surface area contributed by atoms with E-state index in [2.05, 4.69) is 4.57 Å². The normalized spacial score (nSPS) is 14.7. The van der Waals surface area contributed by atoms with Gasteiger partial charge in [0.2, 0.25) is 0 Å². The molecule has 92 valence electrons. The maximum Gasteiger partial charge on any atom is 0.164 e. The molecule has 1 aromatic carbocycles. The SMILES string of the molecule is Cc1ccc(-n2ccc3c2CCCC3=O)cc1Cl. The Hall–Kier alpha value is -1.54. The highest BCUT2D eigenvalue weighted by atomic mass is 35.5. The number of carbonyl (C=O) groups is 1. The molecule has 0 spiro atoms. The van der Waals surface area contributed by atoms with Crippen LogP contribution in [-0.2, 0) is 6.42 Å². The third-order valence-corrected chi connectivity index (χ3v) is 3.95. The molecule has 0 fully saturated rings. The van der Waals surface area contributed by atoms with Crippen LogP contribution in [0.4, 0.5) is 0 Å². The largest absolute Gasteiger partial charge is 0.320 e. The van der Waals surface area contributed by atoms with Gasteiger partial charge in [0.25, 0.3) is 0 Å². The highest BCUT2D eigenvalue weighted by molar-refractivity contribution is 6.31. The monoisotopic (exact) mass is 259 g/mol. The van der Waals surface area contributed by atoms with Gasteiger partial charge < -0.3 is 4.57 Å². The molecule has 0 radical (unpaired) electrons. The van der Waals surface area contributed by atoms with Crippen molar-refractivity contribution in [1.82, 2.24) is 4.57 Å². The maximum atomic E-state index is 11.8. The lowest BCUT2D eigenvalue weighted by molar-refractivity contribution is 0.0972. The van der Waals surface area contributed by atoms with Crippen LogP contribution in [0.25, 0.3) is 5.69 Å². The van der Waals surface area contributed by atoms with E-state index in [9.17, 15) is 4.79 Å². The Labute approximate surface area is 111 Å².